The van der Waals surface area contributed by atoms with Gasteiger partial charge in [0.15, 0.2) is 0 Å². The summed E-state index contributed by atoms with van der Waals surface area (Å²) in [6.45, 7) is 4.22. The van der Waals surface area contributed by atoms with Crippen LogP contribution in [0.5, 0.6) is 0 Å². The molecule has 104 valence electrons. The maximum Gasteiger partial charge on any atom is 0.0761 e. The lowest BCUT2D eigenvalue weighted by atomic mass is 9.77. The number of piperidine rings is 1. The summed E-state index contributed by atoms with van der Waals surface area (Å²) in [6, 6.07) is 8.43. The summed E-state index contributed by atoms with van der Waals surface area (Å²) in [5.41, 5.74) is 3.01. The predicted octanol–water partition coefficient (Wildman–Crippen LogP) is 3.90. The third-order valence-electron chi connectivity index (χ3n) is 5.23. The quantitative estimate of drug-likeness (QED) is 0.870. The molecule has 19 heavy (non-hydrogen) atoms. The highest BCUT2D eigenvalue weighted by molar-refractivity contribution is 5.48. The number of aliphatic hydroxyl groups excluding tert-OH is 1. The molecule has 1 saturated carbocycles. The van der Waals surface area contributed by atoms with E-state index >= 15 is 0 Å². The fourth-order valence-electron chi connectivity index (χ4n) is 3.83. The molecular formula is C17H25NO. The van der Waals surface area contributed by atoms with E-state index in [1.165, 1.54) is 57.3 Å². The van der Waals surface area contributed by atoms with Gasteiger partial charge in [-0.05, 0) is 55.7 Å². The number of benzene rings is 1. The molecule has 1 aliphatic heterocycles. The molecule has 2 fully saturated rings. The molecule has 3 rings (SSSR count). The molecule has 2 nitrogen and oxygen atoms in total. The van der Waals surface area contributed by atoms with Crippen LogP contribution in [-0.4, -0.2) is 18.2 Å². The number of hydrogen-bond acceptors (Lipinski definition) is 2. The Balaban J connectivity index is 1.64. The van der Waals surface area contributed by atoms with Crippen LogP contribution < -0.4 is 4.90 Å². The van der Waals surface area contributed by atoms with Crippen molar-refractivity contribution < 1.29 is 5.11 Å². The standard InChI is InChI=1S/C17H25NO/c1-14(19)15-4-6-16(7-5-15)18-12-10-17(11-13-18)8-2-3-9-17/h4-7,14,19H,2-3,8-13H2,1H3/t14-/m0/s1. The highest BCUT2D eigenvalue weighted by Crippen LogP contribution is 2.46. The normalized spacial score (nSPS) is 23.8. The van der Waals surface area contributed by atoms with Gasteiger partial charge in [-0.1, -0.05) is 25.0 Å². The molecule has 0 radical (unpaired) electrons. The van der Waals surface area contributed by atoms with Gasteiger partial charge in [-0.3, -0.25) is 0 Å². The second-order valence-electron chi connectivity index (χ2n) is 6.46. The molecule has 0 aromatic heterocycles. The molecule has 1 heterocycles. The number of nitrogens with zero attached hydrogens (tertiary/aromatic N) is 1. The van der Waals surface area contributed by atoms with Crippen molar-refractivity contribution >= 4 is 5.69 Å². The molecule has 2 heteroatoms. The van der Waals surface area contributed by atoms with Gasteiger partial charge in [0.25, 0.3) is 0 Å². The molecule has 1 spiro atoms. The number of rotatable bonds is 2. The summed E-state index contributed by atoms with van der Waals surface area (Å²) in [5, 5.41) is 9.55. The number of aliphatic hydroxyl groups is 1. The van der Waals surface area contributed by atoms with E-state index < -0.39 is 0 Å². The monoisotopic (exact) mass is 259 g/mol. The van der Waals surface area contributed by atoms with Crippen molar-refractivity contribution in [3.05, 3.63) is 29.8 Å². The molecule has 1 aliphatic carbocycles. The van der Waals surface area contributed by atoms with Crippen LogP contribution in [0.4, 0.5) is 5.69 Å². The summed E-state index contributed by atoms with van der Waals surface area (Å²) in [4.78, 5) is 2.51. The van der Waals surface area contributed by atoms with Crippen molar-refractivity contribution in [2.45, 2.75) is 51.6 Å². The van der Waals surface area contributed by atoms with Crippen LogP contribution in [0.25, 0.3) is 0 Å². The summed E-state index contributed by atoms with van der Waals surface area (Å²) in [7, 11) is 0. The second-order valence-corrected chi connectivity index (χ2v) is 6.46. The highest BCUT2D eigenvalue weighted by atomic mass is 16.3. The lowest BCUT2D eigenvalue weighted by Gasteiger charge is -2.40. The first kappa shape index (κ1) is 13.0. The third kappa shape index (κ3) is 2.64. The largest absolute Gasteiger partial charge is 0.389 e. The summed E-state index contributed by atoms with van der Waals surface area (Å²) in [5.74, 6) is 0. The molecule has 0 amide bonds. The van der Waals surface area contributed by atoms with Gasteiger partial charge in [0.1, 0.15) is 0 Å². The maximum atomic E-state index is 9.55. The van der Waals surface area contributed by atoms with Crippen LogP contribution in [0.15, 0.2) is 24.3 Å². The van der Waals surface area contributed by atoms with Gasteiger partial charge in [0, 0.05) is 18.8 Å². The number of hydrogen-bond donors (Lipinski definition) is 1. The fraction of sp³-hybridized carbons (Fsp3) is 0.647. The Morgan fingerprint density at radius 2 is 1.58 bits per heavy atom. The summed E-state index contributed by atoms with van der Waals surface area (Å²) in [6.07, 6.45) is 8.18. The van der Waals surface area contributed by atoms with Crippen LogP contribution in [0.3, 0.4) is 0 Å². The fourth-order valence-corrected chi connectivity index (χ4v) is 3.83. The number of anilines is 1. The van der Waals surface area contributed by atoms with E-state index in [2.05, 4.69) is 29.2 Å². The van der Waals surface area contributed by atoms with Crippen LogP contribution in [0.1, 0.15) is 57.1 Å². The first-order valence-corrected chi connectivity index (χ1v) is 7.72. The molecule has 0 bridgehead atoms. The van der Waals surface area contributed by atoms with Gasteiger partial charge >= 0.3 is 0 Å². The first-order valence-electron chi connectivity index (χ1n) is 7.72. The Hall–Kier alpha value is -1.02. The average Bonchev–Trinajstić information content (AvgIpc) is 2.88. The van der Waals surface area contributed by atoms with Crippen LogP contribution >= 0.6 is 0 Å². The van der Waals surface area contributed by atoms with Crippen molar-refractivity contribution in [2.75, 3.05) is 18.0 Å². The predicted molar refractivity (Wildman–Crippen MR) is 79.4 cm³/mol. The Bertz CT molecular complexity index is 407. The summed E-state index contributed by atoms with van der Waals surface area (Å²) < 4.78 is 0. The Morgan fingerprint density at radius 1 is 1.00 bits per heavy atom. The zero-order valence-corrected chi connectivity index (χ0v) is 11.9. The van der Waals surface area contributed by atoms with Crippen LogP contribution in [0, 0.1) is 5.41 Å². The van der Waals surface area contributed by atoms with E-state index in [0.717, 1.165) is 5.56 Å². The van der Waals surface area contributed by atoms with Gasteiger partial charge in [0.2, 0.25) is 0 Å². The van der Waals surface area contributed by atoms with Crippen LogP contribution in [0.2, 0.25) is 0 Å². The molecule has 1 atom stereocenters. The van der Waals surface area contributed by atoms with E-state index in [-0.39, 0.29) is 6.10 Å². The molecule has 1 aromatic rings. The third-order valence-corrected chi connectivity index (χ3v) is 5.23. The zero-order chi connectivity index (χ0) is 13.3. The highest BCUT2D eigenvalue weighted by Gasteiger charge is 2.36. The molecule has 1 N–H and O–H groups in total. The Kier molecular flexibility index (Phi) is 3.53. The van der Waals surface area contributed by atoms with Gasteiger partial charge in [0.05, 0.1) is 6.10 Å². The topological polar surface area (TPSA) is 23.5 Å². The van der Waals surface area contributed by atoms with Gasteiger partial charge in [-0.15, -0.1) is 0 Å². The van der Waals surface area contributed by atoms with Crippen molar-refractivity contribution in [3.63, 3.8) is 0 Å². The zero-order valence-electron chi connectivity index (χ0n) is 11.9. The maximum absolute atomic E-state index is 9.55. The van der Waals surface area contributed by atoms with Crippen molar-refractivity contribution in [3.8, 4) is 0 Å². The van der Waals surface area contributed by atoms with Gasteiger partial charge in [-0.2, -0.15) is 0 Å². The van der Waals surface area contributed by atoms with E-state index in [1.54, 1.807) is 0 Å². The van der Waals surface area contributed by atoms with Crippen molar-refractivity contribution in [2.24, 2.45) is 5.41 Å². The van der Waals surface area contributed by atoms with Crippen LogP contribution in [-0.2, 0) is 0 Å². The van der Waals surface area contributed by atoms with E-state index in [1.807, 2.05) is 6.92 Å². The molecule has 0 unspecified atom stereocenters. The lowest BCUT2D eigenvalue weighted by Crippen LogP contribution is -2.38. The Morgan fingerprint density at radius 3 is 2.11 bits per heavy atom. The SMILES string of the molecule is C[C@H](O)c1ccc(N2CCC3(CCCC3)CC2)cc1. The molecule has 2 aliphatic rings. The van der Waals surface area contributed by atoms with Crippen molar-refractivity contribution in [1.29, 1.82) is 0 Å². The van der Waals surface area contributed by atoms with Crippen molar-refractivity contribution in [1.82, 2.24) is 0 Å². The van der Waals surface area contributed by atoms with Gasteiger partial charge < -0.3 is 10.0 Å². The minimum atomic E-state index is -0.364. The second kappa shape index (κ2) is 5.16. The van der Waals surface area contributed by atoms with E-state index in [4.69, 9.17) is 0 Å². The smallest absolute Gasteiger partial charge is 0.0761 e. The molecular weight excluding hydrogens is 234 g/mol. The molecule has 1 saturated heterocycles. The first-order chi connectivity index (χ1) is 9.19. The minimum Gasteiger partial charge on any atom is -0.389 e. The summed E-state index contributed by atoms with van der Waals surface area (Å²) >= 11 is 0. The van der Waals surface area contributed by atoms with E-state index in [0.29, 0.717) is 5.41 Å². The average molecular weight is 259 g/mol. The lowest BCUT2D eigenvalue weighted by molar-refractivity contribution is 0.199. The Labute approximate surface area is 116 Å². The van der Waals surface area contributed by atoms with E-state index in [9.17, 15) is 5.11 Å². The minimum absolute atomic E-state index is 0.364. The molecule has 1 aromatic carbocycles. The van der Waals surface area contributed by atoms with Gasteiger partial charge in [-0.25, -0.2) is 0 Å².